The van der Waals surface area contributed by atoms with Crippen LogP contribution in [0.15, 0.2) is 42.6 Å². The molecule has 1 unspecified atom stereocenters. The lowest BCUT2D eigenvalue weighted by Gasteiger charge is -2.45. The molecule has 9 nitrogen and oxygen atoms in total. The van der Waals surface area contributed by atoms with Crippen molar-refractivity contribution in [1.82, 2.24) is 24.4 Å². The number of amides is 2. The lowest BCUT2D eigenvalue weighted by atomic mass is 9.71. The first-order chi connectivity index (χ1) is 18.8. The van der Waals surface area contributed by atoms with Gasteiger partial charge in [-0.05, 0) is 56.2 Å². The number of aromatic nitrogens is 3. The van der Waals surface area contributed by atoms with Crippen molar-refractivity contribution in [2.75, 3.05) is 44.2 Å². The van der Waals surface area contributed by atoms with Gasteiger partial charge in [-0.15, -0.1) is 0 Å². The van der Waals surface area contributed by atoms with Gasteiger partial charge >= 0.3 is 6.09 Å². The van der Waals surface area contributed by atoms with Crippen molar-refractivity contribution in [3.8, 4) is 0 Å². The maximum Gasteiger partial charge on any atom is 0.407 e. The minimum atomic E-state index is -0.892. The smallest absolute Gasteiger partial charge is 0.407 e. The number of carboxylic acid groups (broad SMARTS) is 1. The van der Waals surface area contributed by atoms with Crippen LogP contribution in [0, 0.1) is 12.3 Å². The van der Waals surface area contributed by atoms with E-state index in [1.807, 2.05) is 9.42 Å². The number of fused-ring (bicyclic) bond motifs is 1. The van der Waals surface area contributed by atoms with E-state index in [4.69, 9.17) is 10.1 Å². The van der Waals surface area contributed by atoms with Gasteiger partial charge in [0.25, 0.3) is 0 Å². The van der Waals surface area contributed by atoms with Gasteiger partial charge in [-0.1, -0.05) is 37.3 Å². The van der Waals surface area contributed by atoms with Crippen LogP contribution in [0.1, 0.15) is 56.0 Å². The Hall–Kier alpha value is -3.62. The number of hydrogen-bond acceptors (Lipinski definition) is 5. The van der Waals surface area contributed by atoms with Crippen LogP contribution < -0.4 is 4.90 Å². The second-order valence-corrected chi connectivity index (χ2v) is 12.0. The van der Waals surface area contributed by atoms with E-state index in [0.29, 0.717) is 38.9 Å². The molecule has 3 aromatic rings. The summed E-state index contributed by atoms with van der Waals surface area (Å²) in [4.78, 5) is 35.5. The predicted octanol–water partition coefficient (Wildman–Crippen LogP) is 4.13. The van der Waals surface area contributed by atoms with Gasteiger partial charge in [0.05, 0.1) is 17.3 Å². The number of piperidine rings is 2. The molecule has 3 saturated heterocycles. The minimum Gasteiger partial charge on any atom is -0.465 e. The van der Waals surface area contributed by atoms with E-state index >= 15 is 0 Å². The van der Waals surface area contributed by atoms with Crippen LogP contribution in [0.25, 0.3) is 5.65 Å². The first-order valence-corrected chi connectivity index (χ1v) is 14.2. The van der Waals surface area contributed by atoms with Gasteiger partial charge in [0.2, 0.25) is 5.91 Å². The van der Waals surface area contributed by atoms with E-state index < -0.39 is 11.5 Å². The fourth-order valence-electron chi connectivity index (χ4n) is 6.90. The third-order valence-electron chi connectivity index (χ3n) is 9.38. The molecule has 5 heterocycles. The summed E-state index contributed by atoms with van der Waals surface area (Å²) in [6, 6.07) is 13.0. The number of hydrogen-bond donors (Lipinski definition) is 1. The van der Waals surface area contributed by atoms with Crippen molar-refractivity contribution in [3.63, 3.8) is 0 Å². The molecule has 1 spiro atoms. The molecule has 0 bridgehead atoms. The highest BCUT2D eigenvalue weighted by atomic mass is 16.4. The molecule has 2 amide bonds. The van der Waals surface area contributed by atoms with Crippen LogP contribution >= 0.6 is 0 Å². The Morgan fingerprint density at radius 2 is 1.82 bits per heavy atom. The third kappa shape index (κ3) is 4.72. The molecule has 9 heteroatoms. The Labute approximate surface area is 229 Å². The molecule has 1 N–H and O–H groups in total. The SMILES string of the molecule is Cc1cc(N2CCC(C)(c3ccccc3)C2)cn2nc(CCN3CCCC4(CCN(C(=O)O)CC4)C3=O)nc12. The topological polar surface area (TPSA) is 94.3 Å². The summed E-state index contributed by atoms with van der Waals surface area (Å²) in [5.41, 5.74) is 4.22. The zero-order valence-corrected chi connectivity index (χ0v) is 23.0. The summed E-state index contributed by atoms with van der Waals surface area (Å²) >= 11 is 0. The molecule has 3 fully saturated rings. The Bertz CT molecular complexity index is 1380. The molecular formula is C30H38N6O3. The van der Waals surface area contributed by atoms with E-state index in [2.05, 4.69) is 61.3 Å². The van der Waals surface area contributed by atoms with Gasteiger partial charge in [-0.2, -0.15) is 5.10 Å². The molecule has 1 atom stereocenters. The van der Waals surface area contributed by atoms with Crippen LogP contribution in [0.4, 0.5) is 10.5 Å². The molecule has 3 aliphatic rings. The molecule has 1 aromatic carbocycles. The fraction of sp³-hybridized carbons (Fsp3) is 0.533. The Morgan fingerprint density at radius 3 is 2.56 bits per heavy atom. The average Bonchev–Trinajstić information content (AvgIpc) is 3.55. The number of aryl methyl sites for hydroxylation is 1. The second kappa shape index (κ2) is 9.84. The maximum absolute atomic E-state index is 13.5. The molecule has 6 rings (SSSR count). The van der Waals surface area contributed by atoms with Gasteiger partial charge in [-0.25, -0.2) is 14.3 Å². The maximum atomic E-state index is 13.5. The van der Waals surface area contributed by atoms with Crippen molar-refractivity contribution in [2.24, 2.45) is 5.41 Å². The van der Waals surface area contributed by atoms with Crippen LogP contribution in [0.2, 0.25) is 0 Å². The van der Waals surface area contributed by atoms with E-state index in [0.717, 1.165) is 61.6 Å². The standard InChI is InChI=1S/C30H38N6O3/c1-22-19-24(35-16-11-29(2,21-35)23-7-4-3-5-8-23)20-36-26(22)31-25(32-36)9-15-33-14-6-10-30(27(33)37)12-17-34(18-13-30)28(38)39/h3-5,7-8,19-20H,6,9-18,21H2,1-2H3,(H,38,39). The number of benzene rings is 1. The zero-order valence-electron chi connectivity index (χ0n) is 23.0. The molecule has 2 aromatic heterocycles. The largest absolute Gasteiger partial charge is 0.465 e. The summed E-state index contributed by atoms with van der Waals surface area (Å²) in [5.74, 6) is 0.926. The fourth-order valence-corrected chi connectivity index (χ4v) is 6.90. The average molecular weight is 531 g/mol. The predicted molar refractivity (Wildman–Crippen MR) is 149 cm³/mol. The number of anilines is 1. The molecule has 0 radical (unpaired) electrons. The summed E-state index contributed by atoms with van der Waals surface area (Å²) < 4.78 is 1.90. The highest BCUT2D eigenvalue weighted by Gasteiger charge is 2.46. The van der Waals surface area contributed by atoms with Crippen LogP contribution in [-0.4, -0.2) is 80.8 Å². The molecule has 3 aliphatic heterocycles. The Balaban J connectivity index is 1.13. The van der Waals surface area contributed by atoms with Gasteiger partial charge < -0.3 is 19.8 Å². The molecular weight excluding hydrogens is 492 g/mol. The van der Waals surface area contributed by atoms with E-state index in [-0.39, 0.29) is 11.3 Å². The molecule has 206 valence electrons. The molecule has 39 heavy (non-hydrogen) atoms. The summed E-state index contributed by atoms with van der Waals surface area (Å²) in [6.07, 6.45) is 5.95. The highest BCUT2D eigenvalue weighted by Crippen LogP contribution is 2.41. The summed E-state index contributed by atoms with van der Waals surface area (Å²) in [5, 5.41) is 14.1. The summed E-state index contributed by atoms with van der Waals surface area (Å²) in [6.45, 7) is 8.61. The summed E-state index contributed by atoms with van der Waals surface area (Å²) in [7, 11) is 0. The first-order valence-electron chi connectivity index (χ1n) is 14.2. The van der Waals surface area contributed by atoms with Crippen LogP contribution in [-0.2, 0) is 16.6 Å². The van der Waals surface area contributed by atoms with Gasteiger partial charge in [0.1, 0.15) is 0 Å². The number of nitrogens with zero attached hydrogens (tertiary/aromatic N) is 6. The van der Waals surface area contributed by atoms with E-state index in [1.165, 1.54) is 10.5 Å². The second-order valence-electron chi connectivity index (χ2n) is 12.0. The van der Waals surface area contributed by atoms with E-state index in [9.17, 15) is 14.7 Å². The van der Waals surface area contributed by atoms with Crippen molar-refractivity contribution in [2.45, 2.75) is 57.8 Å². The highest BCUT2D eigenvalue weighted by molar-refractivity contribution is 5.84. The lowest BCUT2D eigenvalue weighted by Crippen LogP contribution is -2.54. The third-order valence-corrected chi connectivity index (χ3v) is 9.38. The van der Waals surface area contributed by atoms with Crippen molar-refractivity contribution in [3.05, 3.63) is 59.5 Å². The number of pyridine rings is 1. The quantitative estimate of drug-likeness (QED) is 0.533. The lowest BCUT2D eigenvalue weighted by molar-refractivity contribution is -0.149. The Morgan fingerprint density at radius 1 is 1.05 bits per heavy atom. The van der Waals surface area contributed by atoms with Gasteiger partial charge in [0.15, 0.2) is 11.5 Å². The number of carbonyl (C=O) groups excluding carboxylic acids is 1. The molecule has 0 aliphatic carbocycles. The van der Waals surface area contributed by atoms with E-state index in [1.54, 1.807) is 0 Å². The Kier molecular flexibility index (Phi) is 6.47. The number of likely N-dealkylation sites (tertiary alicyclic amines) is 2. The minimum absolute atomic E-state index is 0.125. The number of carbonyl (C=O) groups is 2. The van der Waals surface area contributed by atoms with Crippen LogP contribution in [0.5, 0.6) is 0 Å². The van der Waals surface area contributed by atoms with Crippen molar-refractivity contribution >= 4 is 23.3 Å². The molecule has 0 saturated carbocycles. The van der Waals surface area contributed by atoms with Gasteiger partial charge in [-0.3, -0.25) is 4.79 Å². The van der Waals surface area contributed by atoms with Crippen molar-refractivity contribution in [1.29, 1.82) is 0 Å². The van der Waals surface area contributed by atoms with Crippen molar-refractivity contribution < 1.29 is 14.7 Å². The van der Waals surface area contributed by atoms with Crippen LogP contribution in [0.3, 0.4) is 0 Å². The monoisotopic (exact) mass is 530 g/mol. The number of rotatable bonds is 5. The first kappa shape index (κ1) is 25.6. The van der Waals surface area contributed by atoms with Gasteiger partial charge in [0, 0.05) is 51.1 Å². The zero-order chi connectivity index (χ0) is 27.2. The normalized spacial score (nSPS) is 23.2.